The van der Waals surface area contributed by atoms with Crippen LogP contribution in [-0.2, 0) is 14.8 Å². The number of nitrogens with zero attached hydrogens (tertiary/aromatic N) is 1. The third-order valence-corrected chi connectivity index (χ3v) is 5.06. The summed E-state index contributed by atoms with van der Waals surface area (Å²) in [5, 5.41) is 0. The van der Waals surface area contributed by atoms with Gasteiger partial charge < -0.3 is 9.64 Å². The summed E-state index contributed by atoms with van der Waals surface area (Å²) < 4.78 is 70.0. The normalized spacial score (nSPS) is 12.4. The number of rotatable bonds is 10. The number of sulfonamides is 1. The van der Waals surface area contributed by atoms with Crippen LogP contribution in [0, 0.1) is 0 Å². The molecule has 0 aliphatic heterocycles. The molecule has 0 heterocycles. The molecule has 0 saturated heterocycles. The summed E-state index contributed by atoms with van der Waals surface area (Å²) in [4.78, 5) is 13.1. The number of carbonyl (C=O) groups excluding carboxylic acids is 1. The predicted molar refractivity (Wildman–Crippen MR) is 95.0 cm³/mol. The highest BCUT2D eigenvalue weighted by molar-refractivity contribution is 7.89. The summed E-state index contributed by atoms with van der Waals surface area (Å²) in [6, 6.07) is 4.50. The fourth-order valence-electron chi connectivity index (χ4n) is 2.31. The zero-order valence-electron chi connectivity index (χ0n) is 15.5. The van der Waals surface area contributed by atoms with E-state index in [1.54, 1.807) is 20.8 Å². The fourth-order valence-corrected chi connectivity index (χ4v) is 3.56. The summed E-state index contributed by atoms with van der Waals surface area (Å²) in [5.74, 6) is -0.815. The number of amides is 1. The molecular formula is C17H25F3N2O4S. The van der Waals surface area contributed by atoms with E-state index < -0.39 is 28.7 Å². The van der Waals surface area contributed by atoms with Gasteiger partial charge in [0.1, 0.15) is 6.54 Å². The van der Waals surface area contributed by atoms with Gasteiger partial charge in [-0.2, -0.15) is 13.2 Å². The van der Waals surface area contributed by atoms with Gasteiger partial charge in [-0.25, -0.2) is 13.1 Å². The van der Waals surface area contributed by atoms with Crippen LogP contribution in [-0.4, -0.2) is 57.7 Å². The third kappa shape index (κ3) is 8.27. The Labute approximate surface area is 157 Å². The summed E-state index contributed by atoms with van der Waals surface area (Å²) in [6.45, 7) is 4.27. The second-order valence-electron chi connectivity index (χ2n) is 6.19. The molecule has 0 aromatic heterocycles. The van der Waals surface area contributed by atoms with Gasteiger partial charge in [0.15, 0.2) is 0 Å². The maximum Gasteiger partial charge on any atom is 0.406 e. The molecule has 0 unspecified atom stereocenters. The van der Waals surface area contributed by atoms with Crippen LogP contribution >= 0.6 is 0 Å². The molecule has 0 fully saturated rings. The average Bonchev–Trinajstić information content (AvgIpc) is 2.55. The lowest BCUT2D eigenvalue weighted by Crippen LogP contribution is -2.40. The lowest BCUT2D eigenvalue weighted by Gasteiger charge is -2.24. The largest absolute Gasteiger partial charge is 0.406 e. The van der Waals surface area contributed by atoms with Crippen molar-refractivity contribution in [2.45, 2.75) is 44.3 Å². The number of nitrogens with one attached hydrogen (secondary N) is 1. The number of hydrogen-bond acceptors (Lipinski definition) is 4. The second kappa shape index (κ2) is 10.0. The predicted octanol–water partition coefficient (Wildman–Crippen LogP) is 2.80. The summed E-state index contributed by atoms with van der Waals surface area (Å²) in [5.41, 5.74) is -0.0147. The van der Waals surface area contributed by atoms with Crippen molar-refractivity contribution >= 4 is 15.9 Å². The maximum absolute atomic E-state index is 12.8. The molecule has 0 aliphatic carbocycles. The monoisotopic (exact) mass is 410 g/mol. The Morgan fingerprint density at radius 3 is 2.30 bits per heavy atom. The molecule has 10 heteroatoms. The standard InChI is InChI=1S/C17H25F3N2O4S/c1-4-26-11-5-10-22(12-17(18,19)20)16(23)14-6-8-15(9-7-14)27(24,25)21-13(2)3/h6-9,13,21H,4-5,10-12H2,1-3H3. The molecule has 0 spiro atoms. The van der Waals surface area contributed by atoms with Crippen molar-refractivity contribution in [3.8, 4) is 0 Å². The van der Waals surface area contributed by atoms with Crippen LogP contribution < -0.4 is 4.72 Å². The molecular weight excluding hydrogens is 385 g/mol. The van der Waals surface area contributed by atoms with E-state index in [1.807, 2.05) is 0 Å². The van der Waals surface area contributed by atoms with Crippen LogP contribution in [0.4, 0.5) is 13.2 Å². The molecule has 0 saturated carbocycles. The van der Waals surface area contributed by atoms with Crippen molar-refractivity contribution in [1.29, 1.82) is 0 Å². The molecule has 154 valence electrons. The molecule has 0 bridgehead atoms. The van der Waals surface area contributed by atoms with Crippen LogP contribution in [0.15, 0.2) is 29.2 Å². The molecule has 6 nitrogen and oxygen atoms in total. The van der Waals surface area contributed by atoms with Crippen LogP contribution in [0.2, 0.25) is 0 Å². The molecule has 1 amide bonds. The van der Waals surface area contributed by atoms with Crippen LogP contribution in [0.25, 0.3) is 0 Å². The van der Waals surface area contributed by atoms with E-state index in [0.29, 0.717) is 11.5 Å². The summed E-state index contributed by atoms with van der Waals surface area (Å²) >= 11 is 0. The molecule has 0 aliphatic rings. The Hall–Kier alpha value is -1.65. The zero-order valence-corrected chi connectivity index (χ0v) is 16.4. The fraction of sp³-hybridized carbons (Fsp3) is 0.588. The smallest absolute Gasteiger partial charge is 0.382 e. The number of halogens is 3. The van der Waals surface area contributed by atoms with E-state index in [-0.39, 0.29) is 36.1 Å². The Balaban J connectivity index is 2.94. The lowest BCUT2D eigenvalue weighted by molar-refractivity contribution is -0.141. The summed E-state index contributed by atoms with van der Waals surface area (Å²) in [7, 11) is -3.74. The van der Waals surface area contributed by atoms with Crippen molar-refractivity contribution < 1.29 is 31.1 Å². The first-order valence-electron chi connectivity index (χ1n) is 8.52. The third-order valence-electron chi connectivity index (χ3n) is 3.38. The molecule has 27 heavy (non-hydrogen) atoms. The van der Waals surface area contributed by atoms with Gasteiger partial charge in [-0.3, -0.25) is 4.79 Å². The Morgan fingerprint density at radius 1 is 1.22 bits per heavy atom. The molecule has 0 atom stereocenters. The Morgan fingerprint density at radius 2 is 1.81 bits per heavy atom. The van der Waals surface area contributed by atoms with E-state index in [4.69, 9.17) is 4.74 Å². The molecule has 1 aromatic carbocycles. The van der Waals surface area contributed by atoms with Gasteiger partial charge in [0.05, 0.1) is 4.90 Å². The van der Waals surface area contributed by atoms with E-state index in [1.165, 1.54) is 24.3 Å². The first kappa shape index (κ1) is 23.4. The summed E-state index contributed by atoms with van der Waals surface area (Å²) in [6.07, 6.45) is -4.27. The van der Waals surface area contributed by atoms with Crippen LogP contribution in [0.3, 0.4) is 0 Å². The van der Waals surface area contributed by atoms with Crippen molar-refractivity contribution in [1.82, 2.24) is 9.62 Å². The second-order valence-corrected chi connectivity index (χ2v) is 7.91. The van der Waals surface area contributed by atoms with Crippen molar-refractivity contribution in [2.24, 2.45) is 0 Å². The van der Waals surface area contributed by atoms with Gasteiger partial charge in [0, 0.05) is 31.4 Å². The first-order valence-corrected chi connectivity index (χ1v) is 10.0. The molecule has 1 rings (SSSR count). The highest BCUT2D eigenvalue weighted by Crippen LogP contribution is 2.19. The molecule has 0 radical (unpaired) electrons. The zero-order chi connectivity index (χ0) is 20.7. The van der Waals surface area contributed by atoms with E-state index in [2.05, 4.69) is 4.72 Å². The molecule has 1 aromatic rings. The van der Waals surface area contributed by atoms with Crippen LogP contribution in [0.1, 0.15) is 37.6 Å². The van der Waals surface area contributed by atoms with Gasteiger partial charge in [-0.15, -0.1) is 0 Å². The molecule has 1 N–H and O–H groups in total. The van der Waals surface area contributed by atoms with Gasteiger partial charge in [-0.1, -0.05) is 0 Å². The minimum Gasteiger partial charge on any atom is -0.382 e. The number of hydrogen-bond donors (Lipinski definition) is 1. The van der Waals surface area contributed by atoms with Crippen LogP contribution in [0.5, 0.6) is 0 Å². The van der Waals surface area contributed by atoms with E-state index in [9.17, 15) is 26.4 Å². The Bertz CT molecular complexity index is 704. The quantitative estimate of drug-likeness (QED) is 0.602. The maximum atomic E-state index is 12.8. The first-order chi connectivity index (χ1) is 12.5. The number of alkyl halides is 3. The van der Waals surface area contributed by atoms with Gasteiger partial charge >= 0.3 is 6.18 Å². The van der Waals surface area contributed by atoms with Gasteiger partial charge in [0.2, 0.25) is 10.0 Å². The number of ether oxygens (including phenoxy) is 1. The minimum absolute atomic E-state index is 0.0147. The minimum atomic E-state index is -4.54. The van der Waals surface area contributed by atoms with E-state index in [0.717, 1.165) is 0 Å². The van der Waals surface area contributed by atoms with Gasteiger partial charge in [0.25, 0.3) is 5.91 Å². The van der Waals surface area contributed by atoms with Crippen molar-refractivity contribution in [3.63, 3.8) is 0 Å². The lowest BCUT2D eigenvalue weighted by atomic mass is 10.2. The van der Waals surface area contributed by atoms with E-state index >= 15 is 0 Å². The topological polar surface area (TPSA) is 75.7 Å². The average molecular weight is 410 g/mol. The van der Waals surface area contributed by atoms with Crippen molar-refractivity contribution in [3.05, 3.63) is 29.8 Å². The highest BCUT2D eigenvalue weighted by Gasteiger charge is 2.33. The number of carbonyl (C=O) groups is 1. The van der Waals surface area contributed by atoms with Crippen molar-refractivity contribution in [2.75, 3.05) is 26.3 Å². The SMILES string of the molecule is CCOCCCN(CC(F)(F)F)C(=O)c1ccc(S(=O)(=O)NC(C)C)cc1. The van der Waals surface area contributed by atoms with Gasteiger partial charge in [-0.05, 0) is 51.5 Å². The Kier molecular flexibility index (Phi) is 8.70. The highest BCUT2D eigenvalue weighted by atomic mass is 32.2. The number of benzene rings is 1.